The van der Waals surface area contributed by atoms with Gasteiger partial charge in [-0.1, -0.05) is 13.3 Å². The number of carboxylic acid groups (broad SMARTS) is 1. The van der Waals surface area contributed by atoms with Gasteiger partial charge in [0, 0.05) is 31.6 Å². The van der Waals surface area contributed by atoms with E-state index < -0.39 is 16.0 Å². The molecule has 142 valence electrons. The Morgan fingerprint density at radius 2 is 2.00 bits per heavy atom. The third kappa shape index (κ3) is 3.49. The number of nitrogen functional groups attached to an aromatic ring is 1. The third-order valence-electron chi connectivity index (χ3n) is 4.51. The van der Waals surface area contributed by atoms with Gasteiger partial charge in [-0.25, -0.2) is 18.2 Å². The molecule has 2 aromatic rings. The van der Waals surface area contributed by atoms with Crippen LogP contribution in [0, 0.1) is 0 Å². The van der Waals surface area contributed by atoms with Gasteiger partial charge in [0.1, 0.15) is 15.5 Å². The number of hydrogen-bond donors (Lipinski definition) is 2. The molecule has 26 heavy (non-hydrogen) atoms. The van der Waals surface area contributed by atoms with Gasteiger partial charge < -0.3 is 15.7 Å². The average Bonchev–Trinajstić information content (AvgIpc) is 2.92. The van der Waals surface area contributed by atoms with Crippen molar-refractivity contribution in [1.82, 2.24) is 9.29 Å². The van der Waals surface area contributed by atoms with Crippen LogP contribution in [0.1, 0.15) is 28.6 Å². The lowest BCUT2D eigenvalue weighted by Gasteiger charge is -2.34. The lowest BCUT2D eigenvalue weighted by molar-refractivity contribution is 0.0703. The first-order chi connectivity index (χ1) is 12.2. The predicted octanol–water partition coefficient (Wildman–Crippen LogP) is 1.61. The largest absolute Gasteiger partial charge is 0.477 e. The Bertz CT molecular complexity index is 947. The van der Waals surface area contributed by atoms with Crippen LogP contribution in [0.15, 0.2) is 6.07 Å². The number of piperazine rings is 1. The van der Waals surface area contributed by atoms with E-state index in [4.69, 9.17) is 5.73 Å². The molecule has 0 radical (unpaired) electrons. The number of thiophene rings is 1. The molecular formula is C16H22N4O4S2. The Hall–Kier alpha value is -1.91. The summed E-state index contributed by atoms with van der Waals surface area (Å²) in [4.78, 5) is 18.8. The molecule has 1 aliphatic heterocycles. The van der Waals surface area contributed by atoms with E-state index in [1.165, 1.54) is 10.6 Å². The monoisotopic (exact) mass is 398 g/mol. The number of aromatic nitrogens is 1. The number of hydrogen-bond acceptors (Lipinski definition) is 7. The summed E-state index contributed by atoms with van der Waals surface area (Å²) in [7, 11) is -3.19. The Kier molecular flexibility index (Phi) is 5.09. The number of carboxylic acids is 1. The summed E-state index contributed by atoms with van der Waals surface area (Å²) in [5.74, 6) is -0.302. The minimum atomic E-state index is -3.19. The van der Waals surface area contributed by atoms with Crippen LogP contribution < -0.4 is 10.6 Å². The van der Waals surface area contributed by atoms with E-state index >= 15 is 0 Å². The van der Waals surface area contributed by atoms with Gasteiger partial charge in [0.05, 0.1) is 11.9 Å². The number of nitrogens with zero attached hydrogens (tertiary/aromatic N) is 3. The smallest absolute Gasteiger partial charge is 0.348 e. The molecular weight excluding hydrogens is 376 g/mol. The molecule has 0 aliphatic carbocycles. The molecule has 0 spiro atoms. The summed E-state index contributed by atoms with van der Waals surface area (Å²) in [5.41, 5.74) is 7.33. The van der Waals surface area contributed by atoms with Crippen molar-refractivity contribution in [1.29, 1.82) is 0 Å². The fourth-order valence-electron chi connectivity index (χ4n) is 3.22. The van der Waals surface area contributed by atoms with Crippen LogP contribution in [0.25, 0.3) is 10.2 Å². The first-order valence-electron chi connectivity index (χ1n) is 8.37. The van der Waals surface area contributed by atoms with Gasteiger partial charge in [0.15, 0.2) is 0 Å². The normalized spacial score (nSPS) is 16.3. The van der Waals surface area contributed by atoms with Crippen LogP contribution in [0.2, 0.25) is 0 Å². The summed E-state index contributed by atoms with van der Waals surface area (Å²) in [6.45, 7) is 3.97. The molecule has 1 fully saturated rings. The van der Waals surface area contributed by atoms with E-state index in [2.05, 4.69) is 11.9 Å². The van der Waals surface area contributed by atoms with Crippen molar-refractivity contribution < 1.29 is 18.3 Å². The predicted molar refractivity (Wildman–Crippen MR) is 104 cm³/mol. The van der Waals surface area contributed by atoms with E-state index in [0.717, 1.165) is 40.9 Å². The molecule has 3 N–H and O–H groups in total. The first-order valence-corrected chi connectivity index (χ1v) is 11.0. The van der Waals surface area contributed by atoms with E-state index in [1.807, 2.05) is 11.0 Å². The maximum absolute atomic E-state index is 11.7. The molecule has 1 aliphatic rings. The zero-order chi connectivity index (χ0) is 19.1. The maximum Gasteiger partial charge on any atom is 0.348 e. The second kappa shape index (κ2) is 7.01. The molecule has 0 atom stereocenters. The van der Waals surface area contributed by atoms with Crippen molar-refractivity contribution in [2.75, 3.05) is 43.1 Å². The summed E-state index contributed by atoms with van der Waals surface area (Å²) in [6, 6.07) is 1.96. The highest BCUT2D eigenvalue weighted by Crippen LogP contribution is 2.37. The van der Waals surface area contributed by atoms with Crippen LogP contribution in [-0.2, 0) is 16.4 Å². The molecule has 0 bridgehead atoms. The van der Waals surface area contributed by atoms with E-state index in [0.29, 0.717) is 31.0 Å². The lowest BCUT2D eigenvalue weighted by Crippen LogP contribution is -2.48. The first kappa shape index (κ1) is 18.9. The molecule has 0 unspecified atom stereocenters. The Labute approximate surface area is 156 Å². The summed E-state index contributed by atoms with van der Waals surface area (Å²) in [5, 5.41) is 10.1. The maximum atomic E-state index is 11.7. The van der Waals surface area contributed by atoms with Crippen molar-refractivity contribution in [3.63, 3.8) is 0 Å². The highest BCUT2D eigenvalue weighted by Gasteiger charge is 2.26. The van der Waals surface area contributed by atoms with Crippen LogP contribution in [0.3, 0.4) is 0 Å². The average molecular weight is 399 g/mol. The number of aromatic carboxylic acids is 1. The zero-order valence-electron chi connectivity index (χ0n) is 14.7. The molecule has 0 amide bonds. The molecule has 1 saturated heterocycles. The molecule has 0 saturated carbocycles. The van der Waals surface area contributed by atoms with Crippen LogP contribution >= 0.6 is 11.3 Å². The van der Waals surface area contributed by atoms with Gasteiger partial charge in [-0.2, -0.15) is 4.31 Å². The fourth-order valence-corrected chi connectivity index (χ4v) is 5.02. The second-order valence-electron chi connectivity index (χ2n) is 6.37. The highest BCUT2D eigenvalue weighted by molar-refractivity contribution is 7.88. The number of aryl methyl sites for hydroxylation is 1. The zero-order valence-corrected chi connectivity index (χ0v) is 16.4. The summed E-state index contributed by atoms with van der Waals surface area (Å²) >= 11 is 1.09. The number of anilines is 2. The number of nitrogens with two attached hydrogens (primary N) is 1. The number of pyridine rings is 1. The van der Waals surface area contributed by atoms with E-state index in [9.17, 15) is 18.3 Å². The minimum Gasteiger partial charge on any atom is -0.477 e. The number of sulfonamides is 1. The Morgan fingerprint density at radius 3 is 2.54 bits per heavy atom. The number of rotatable bonds is 5. The summed E-state index contributed by atoms with van der Waals surface area (Å²) < 4.78 is 24.8. The Balaban J connectivity index is 1.98. The number of fused-ring (bicyclic) bond motifs is 1. The van der Waals surface area contributed by atoms with Crippen molar-refractivity contribution in [2.24, 2.45) is 0 Å². The van der Waals surface area contributed by atoms with E-state index in [-0.39, 0.29) is 10.6 Å². The molecule has 0 aromatic carbocycles. The molecule has 10 heteroatoms. The quantitative estimate of drug-likeness (QED) is 0.786. The topological polar surface area (TPSA) is 117 Å². The van der Waals surface area contributed by atoms with Crippen molar-refractivity contribution in [3.05, 3.63) is 16.5 Å². The van der Waals surface area contributed by atoms with Gasteiger partial charge in [-0.3, -0.25) is 0 Å². The molecule has 3 rings (SSSR count). The van der Waals surface area contributed by atoms with E-state index in [1.54, 1.807) is 0 Å². The van der Waals surface area contributed by atoms with Gasteiger partial charge in [0.25, 0.3) is 0 Å². The Morgan fingerprint density at radius 1 is 1.35 bits per heavy atom. The molecule has 2 aromatic heterocycles. The summed E-state index contributed by atoms with van der Waals surface area (Å²) in [6.07, 6.45) is 2.89. The third-order valence-corrected chi connectivity index (χ3v) is 6.90. The SMILES string of the molecule is CCCc1cc(N2CCN(S(C)(=O)=O)CC2)nc2sc(C(=O)O)c(N)c12. The van der Waals surface area contributed by atoms with Crippen molar-refractivity contribution in [3.8, 4) is 0 Å². The van der Waals surface area contributed by atoms with Crippen LogP contribution in [0.4, 0.5) is 11.5 Å². The van der Waals surface area contributed by atoms with Gasteiger partial charge in [-0.05, 0) is 18.1 Å². The minimum absolute atomic E-state index is 0.115. The lowest BCUT2D eigenvalue weighted by atomic mass is 10.1. The molecule has 3 heterocycles. The number of carbonyl (C=O) groups is 1. The standard InChI is InChI=1S/C16H22N4O4S2/c1-3-4-10-9-11(19-5-7-20(8-6-19)26(2,23)24)18-15-12(10)13(17)14(25-15)16(21)22/h9H,3-8,17H2,1-2H3,(H,21,22). The van der Waals surface area contributed by atoms with Gasteiger partial charge in [-0.15, -0.1) is 11.3 Å². The fraction of sp³-hybridized carbons (Fsp3) is 0.500. The second-order valence-corrected chi connectivity index (χ2v) is 9.35. The van der Waals surface area contributed by atoms with Crippen LogP contribution in [0.5, 0.6) is 0 Å². The van der Waals surface area contributed by atoms with Crippen LogP contribution in [-0.4, -0.2) is 61.2 Å². The van der Waals surface area contributed by atoms with Crippen molar-refractivity contribution in [2.45, 2.75) is 19.8 Å². The highest BCUT2D eigenvalue weighted by atomic mass is 32.2. The molecule has 8 nitrogen and oxygen atoms in total. The van der Waals surface area contributed by atoms with Gasteiger partial charge >= 0.3 is 5.97 Å². The van der Waals surface area contributed by atoms with Gasteiger partial charge in [0.2, 0.25) is 10.0 Å². The van der Waals surface area contributed by atoms with Crippen molar-refractivity contribution >= 4 is 49.1 Å².